The van der Waals surface area contributed by atoms with E-state index >= 15 is 0 Å². The van der Waals surface area contributed by atoms with Gasteiger partial charge in [0.2, 0.25) is 23.6 Å². The highest BCUT2D eigenvalue weighted by Crippen LogP contribution is 2.07. The predicted octanol–water partition coefficient (Wildman–Crippen LogP) is -2.10. The molecular weight excluding hydrogens is 426 g/mol. The lowest BCUT2D eigenvalue weighted by atomic mass is 9.99. The smallest absolute Gasteiger partial charge is 0.326 e. The zero-order valence-corrected chi connectivity index (χ0v) is 18.6. The van der Waals surface area contributed by atoms with Gasteiger partial charge in [0.15, 0.2) is 0 Å². The number of hydrogen-bond donors (Lipinski definition) is 7. The Labute approximate surface area is 185 Å². The number of nitrogens with one attached hydrogen (secondary N) is 3. The van der Waals surface area contributed by atoms with Crippen molar-refractivity contribution in [2.45, 2.75) is 71.1 Å². The van der Waals surface area contributed by atoms with Gasteiger partial charge in [-0.05, 0) is 18.3 Å². The molecule has 4 amide bonds. The molecule has 4 unspecified atom stereocenters. The van der Waals surface area contributed by atoms with Gasteiger partial charge in [-0.3, -0.25) is 24.0 Å². The van der Waals surface area contributed by atoms with E-state index in [0.717, 1.165) is 0 Å². The van der Waals surface area contributed by atoms with E-state index in [1.54, 1.807) is 27.7 Å². The number of primary amides is 1. The van der Waals surface area contributed by atoms with Crippen LogP contribution in [0.5, 0.6) is 0 Å². The summed E-state index contributed by atoms with van der Waals surface area (Å²) in [6.07, 6.45) is -1.47. The van der Waals surface area contributed by atoms with Crippen LogP contribution in [0, 0.1) is 11.8 Å². The van der Waals surface area contributed by atoms with Crippen LogP contribution in [0.3, 0.4) is 0 Å². The summed E-state index contributed by atoms with van der Waals surface area (Å²) in [5, 5.41) is 24.8. The maximum atomic E-state index is 12.8. The number of hydrogen-bond acceptors (Lipinski definition) is 7. The number of carbonyl (C=O) groups excluding carboxylic acids is 4. The minimum atomic E-state index is -1.75. The van der Waals surface area contributed by atoms with Crippen LogP contribution >= 0.6 is 0 Å². The Morgan fingerprint density at radius 1 is 0.781 bits per heavy atom. The highest BCUT2D eigenvalue weighted by molar-refractivity contribution is 5.95. The van der Waals surface area contributed by atoms with E-state index in [1.165, 1.54) is 0 Å². The van der Waals surface area contributed by atoms with Gasteiger partial charge in [-0.25, -0.2) is 4.79 Å². The van der Waals surface area contributed by atoms with Crippen molar-refractivity contribution in [1.82, 2.24) is 16.0 Å². The van der Waals surface area contributed by atoms with Crippen LogP contribution in [0.2, 0.25) is 0 Å². The van der Waals surface area contributed by atoms with Crippen molar-refractivity contribution in [3.63, 3.8) is 0 Å². The third-order valence-corrected chi connectivity index (χ3v) is 4.57. The molecule has 0 aliphatic rings. The molecule has 0 aliphatic carbocycles. The second kappa shape index (κ2) is 13.2. The van der Waals surface area contributed by atoms with E-state index < -0.39 is 72.1 Å². The zero-order valence-electron chi connectivity index (χ0n) is 18.6. The number of nitrogens with two attached hydrogens (primary N) is 2. The van der Waals surface area contributed by atoms with Gasteiger partial charge in [-0.15, -0.1) is 0 Å². The largest absolute Gasteiger partial charge is 0.481 e. The number of rotatable bonds is 14. The van der Waals surface area contributed by atoms with E-state index in [0.29, 0.717) is 0 Å². The monoisotopic (exact) mass is 459 g/mol. The van der Waals surface area contributed by atoms with E-state index in [-0.39, 0.29) is 18.8 Å². The zero-order chi connectivity index (χ0) is 25.2. The van der Waals surface area contributed by atoms with E-state index in [1.807, 2.05) is 5.32 Å². The molecule has 13 heteroatoms. The number of carbonyl (C=O) groups is 6. The van der Waals surface area contributed by atoms with Crippen molar-refractivity contribution in [1.29, 1.82) is 0 Å². The van der Waals surface area contributed by atoms with Gasteiger partial charge < -0.3 is 37.6 Å². The normalized spacial score (nSPS) is 14.7. The predicted molar refractivity (Wildman–Crippen MR) is 112 cm³/mol. The van der Waals surface area contributed by atoms with Crippen molar-refractivity contribution >= 4 is 35.6 Å². The van der Waals surface area contributed by atoms with Crippen LogP contribution in [0.1, 0.15) is 47.0 Å². The van der Waals surface area contributed by atoms with Crippen molar-refractivity contribution < 1.29 is 39.0 Å². The summed E-state index contributed by atoms with van der Waals surface area (Å²) in [5.41, 5.74) is 10.9. The molecule has 0 aliphatic heterocycles. The molecule has 0 aromatic heterocycles. The maximum Gasteiger partial charge on any atom is 0.326 e. The van der Waals surface area contributed by atoms with Gasteiger partial charge in [0.05, 0.1) is 12.5 Å². The third kappa shape index (κ3) is 10.2. The average Bonchev–Trinajstić information content (AvgIpc) is 2.66. The second-order valence-electron chi connectivity index (χ2n) is 8.06. The van der Waals surface area contributed by atoms with Crippen LogP contribution in [0.15, 0.2) is 0 Å². The van der Waals surface area contributed by atoms with Gasteiger partial charge >= 0.3 is 11.9 Å². The molecule has 182 valence electrons. The van der Waals surface area contributed by atoms with E-state index in [9.17, 15) is 28.8 Å². The molecule has 0 saturated carbocycles. The molecule has 4 atom stereocenters. The first kappa shape index (κ1) is 28.8. The lowest BCUT2D eigenvalue weighted by Crippen LogP contribution is -2.59. The van der Waals surface area contributed by atoms with Gasteiger partial charge in [-0.2, -0.15) is 0 Å². The lowest BCUT2D eigenvalue weighted by molar-refractivity contribution is -0.147. The van der Waals surface area contributed by atoms with E-state index in [2.05, 4.69) is 10.6 Å². The quantitative estimate of drug-likeness (QED) is 0.151. The van der Waals surface area contributed by atoms with Gasteiger partial charge in [0, 0.05) is 6.42 Å². The average molecular weight is 460 g/mol. The summed E-state index contributed by atoms with van der Waals surface area (Å²) in [4.78, 5) is 70.8. The fraction of sp³-hybridized carbons (Fsp3) is 0.684. The molecule has 0 spiro atoms. The molecule has 0 aromatic carbocycles. The Hall–Kier alpha value is -3.22. The fourth-order valence-corrected chi connectivity index (χ4v) is 2.55. The molecule has 0 rings (SSSR count). The molecule has 0 radical (unpaired) electrons. The lowest BCUT2D eigenvalue weighted by Gasteiger charge is -2.27. The van der Waals surface area contributed by atoms with Gasteiger partial charge in [0.25, 0.3) is 0 Å². The minimum Gasteiger partial charge on any atom is -0.481 e. The summed E-state index contributed by atoms with van der Waals surface area (Å²) < 4.78 is 0. The number of carboxylic acid groups (broad SMARTS) is 2. The molecule has 0 bridgehead atoms. The summed E-state index contributed by atoms with van der Waals surface area (Å²) in [7, 11) is 0. The van der Waals surface area contributed by atoms with Gasteiger partial charge in [-0.1, -0.05) is 27.7 Å². The van der Waals surface area contributed by atoms with Crippen molar-refractivity contribution in [3.05, 3.63) is 0 Å². The number of aliphatic carboxylic acids is 2. The fourth-order valence-electron chi connectivity index (χ4n) is 2.55. The minimum absolute atomic E-state index is 0.192. The number of amides is 4. The highest BCUT2D eigenvalue weighted by atomic mass is 16.4. The third-order valence-electron chi connectivity index (χ3n) is 4.57. The molecule has 0 aromatic rings. The van der Waals surface area contributed by atoms with Crippen LogP contribution in [-0.4, -0.2) is 69.9 Å². The molecule has 0 fully saturated rings. The standard InChI is InChI=1S/C19H33N5O8/c1-8(2)14(21)17(29)24-15(9(3)4)18(30)22-10(5-6-12(20)25)16(28)23-11(19(31)32)7-13(26)27/h8-11,14-15H,5-7,21H2,1-4H3,(H2,20,25)(H,22,30)(H,23,28)(H,24,29)(H,26,27)(H,31,32). The van der Waals surface area contributed by atoms with Crippen LogP contribution in [-0.2, 0) is 28.8 Å². The number of carboxylic acids is 2. The van der Waals surface area contributed by atoms with Crippen molar-refractivity contribution in [2.75, 3.05) is 0 Å². The maximum absolute atomic E-state index is 12.8. The first-order valence-electron chi connectivity index (χ1n) is 10.1. The topological polar surface area (TPSA) is 231 Å². The Bertz CT molecular complexity index is 725. The van der Waals surface area contributed by atoms with Crippen LogP contribution < -0.4 is 27.4 Å². The van der Waals surface area contributed by atoms with Crippen molar-refractivity contribution in [2.24, 2.45) is 23.3 Å². The molecule has 0 saturated heterocycles. The summed E-state index contributed by atoms with van der Waals surface area (Å²) in [6, 6.07) is -5.10. The first-order chi connectivity index (χ1) is 14.7. The molecule has 9 N–H and O–H groups in total. The molecule has 32 heavy (non-hydrogen) atoms. The summed E-state index contributed by atoms with van der Waals surface area (Å²) >= 11 is 0. The Kier molecular flexibility index (Phi) is 11.9. The molecule has 0 heterocycles. The summed E-state index contributed by atoms with van der Waals surface area (Å²) in [5.74, 6) is -6.76. The molecule has 13 nitrogen and oxygen atoms in total. The van der Waals surface area contributed by atoms with Crippen molar-refractivity contribution in [3.8, 4) is 0 Å². The second-order valence-corrected chi connectivity index (χ2v) is 8.06. The SMILES string of the molecule is CC(C)C(N)C(=O)NC(C(=O)NC(CCC(N)=O)C(=O)NC(CC(=O)O)C(=O)O)C(C)C. The Morgan fingerprint density at radius 3 is 1.72 bits per heavy atom. The van der Waals surface area contributed by atoms with E-state index in [4.69, 9.17) is 21.7 Å². The Balaban J connectivity index is 5.54. The molecular formula is C19H33N5O8. The van der Waals surface area contributed by atoms with Crippen LogP contribution in [0.25, 0.3) is 0 Å². The summed E-state index contributed by atoms with van der Waals surface area (Å²) in [6.45, 7) is 6.76. The van der Waals surface area contributed by atoms with Crippen LogP contribution in [0.4, 0.5) is 0 Å². The Morgan fingerprint density at radius 2 is 1.31 bits per heavy atom. The highest BCUT2D eigenvalue weighted by Gasteiger charge is 2.32. The van der Waals surface area contributed by atoms with Gasteiger partial charge in [0.1, 0.15) is 18.1 Å². The first-order valence-corrected chi connectivity index (χ1v) is 10.1.